The quantitative estimate of drug-likeness (QED) is 0.831. The standard InChI is InChI=1S/C13H22BrN3O2/c1-6-13(3,19-7-2)12-16-9(8-18-5)10(14)11(15-4)17-12/h6-8H2,1-5H3,(H,15,16,17). The molecule has 19 heavy (non-hydrogen) atoms. The van der Waals surface area contributed by atoms with Crippen molar-refractivity contribution in [1.29, 1.82) is 0 Å². The maximum atomic E-state index is 5.83. The van der Waals surface area contributed by atoms with Crippen molar-refractivity contribution in [2.24, 2.45) is 0 Å². The summed E-state index contributed by atoms with van der Waals surface area (Å²) in [4.78, 5) is 9.13. The maximum Gasteiger partial charge on any atom is 0.162 e. The van der Waals surface area contributed by atoms with Crippen LogP contribution < -0.4 is 5.32 Å². The van der Waals surface area contributed by atoms with Gasteiger partial charge in [0.25, 0.3) is 0 Å². The number of ether oxygens (including phenoxy) is 2. The number of methoxy groups -OCH3 is 1. The van der Waals surface area contributed by atoms with Crippen LogP contribution in [0.4, 0.5) is 5.82 Å². The van der Waals surface area contributed by atoms with Gasteiger partial charge in [0.15, 0.2) is 5.82 Å². The largest absolute Gasteiger partial charge is 0.378 e. The smallest absolute Gasteiger partial charge is 0.162 e. The molecule has 0 radical (unpaired) electrons. The molecule has 1 heterocycles. The average molecular weight is 332 g/mol. The van der Waals surface area contributed by atoms with Crippen molar-refractivity contribution >= 4 is 21.7 Å². The van der Waals surface area contributed by atoms with Crippen molar-refractivity contribution < 1.29 is 9.47 Å². The summed E-state index contributed by atoms with van der Waals surface area (Å²) in [5.41, 5.74) is 0.333. The monoisotopic (exact) mass is 331 g/mol. The van der Waals surface area contributed by atoms with Gasteiger partial charge in [-0.2, -0.15) is 0 Å². The number of rotatable bonds is 7. The second-order valence-electron chi connectivity index (χ2n) is 4.36. The van der Waals surface area contributed by atoms with Crippen LogP contribution in [0.1, 0.15) is 38.7 Å². The molecule has 1 aromatic rings. The number of nitrogens with one attached hydrogen (secondary N) is 1. The van der Waals surface area contributed by atoms with Crippen LogP contribution in [0.3, 0.4) is 0 Å². The van der Waals surface area contributed by atoms with Crippen LogP contribution in [0.15, 0.2) is 4.47 Å². The van der Waals surface area contributed by atoms with Gasteiger partial charge in [-0.15, -0.1) is 0 Å². The van der Waals surface area contributed by atoms with Gasteiger partial charge in [0.05, 0.1) is 16.8 Å². The number of anilines is 1. The average Bonchev–Trinajstić information content (AvgIpc) is 2.41. The maximum absolute atomic E-state index is 5.83. The Hall–Kier alpha value is -0.720. The minimum Gasteiger partial charge on any atom is -0.378 e. The highest BCUT2D eigenvalue weighted by Gasteiger charge is 2.30. The normalized spacial score (nSPS) is 14.2. The molecule has 0 bridgehead atoms. The minimum absolute atomic E-state index is 0.427. The molecule has 1 unspecified atom stereocenters. The van der Waals surface area contributed by atoms with Crippen molar-refractivity contribution in [2.75, 3.05) is 26.1 Å². The highest BCUT2D eigenvalue weighted by atomic mass is 79.9. The lowest BCUT2D eigenvalue weighted by molar-refractivity contribution is -0.0392. The molecule has 1 N–H and O–H groups in total. The van der Waals surface area contributed by atoms with Gasteiger partial charge in [0.2, 0.25) is 0 Å². The van der Waals surface area contributed by atoms with Crippen molar-refractivity contribution in [3.8, 4) is 0 Å². The fraction of sp³-hybridized carbons (Fsp3) is 0.692. The van der Waals surface area contributed by atoms with E-state index in [0.29, 0.717) is 19.0 Å². The van der Waals surface area contributed by atoms with Crippen LogP contribution in [0.2, 0.25) is 0 Å². The van der Waals surface area contributed by atoms with E-state index in [2.05, 4.69) is 38.1 Å². The summed E-state index contributed by atoms with van der Waals surface area (Å²) in [6.45, 7) is 7.10. The molecule has 0 saturated heterocycles. The van der Waals surface area contributed by atoms with Crippen LogP contribution in [0.5, 0.6) is 0 Å². The first-order chi connectivity index (χ1) is 9.02. The lowest BCUT2D eigenvalue weighted by Crippen LogP contribution is -2.29. The molecule has 0 aromatic carbocycles. The van der Waals surface area contributed by atoms with Gasteiger partial charge in [-0.25, -0.2) is 9.97 Å². The Morgan fingerprint density at radius 3 is 2.47 bits per heavy atom. The van der Waals surface area contributed by atoms with E-state index in [9.17, 15) is 0 Å². The third kappa shape index (κ3) is 3.64. The van der Waals surface area contributed by atoms with E-state index in [1.165, 1.54) is 0 Å². The Labute approximate surface area is 123 Å². The molecule has 1 rings (SSSR count). The number of hydrogen-bond acceptors (Lipinski definition) is 5. The number of hydrogen-bond donors (Lipinski definition) is 1. The minimum atomic E-state index is -0.483. The van der Waals surface area contributed by atoms with Crippen LogP contribution in [0.25, 0.3) is 0 Å². The van der Waals surface area contributed by atoms with E-state index in [0.717, 1.165) is 22.4 Å². The number of aromatic nitrogens is 2. The first kappa shape index (κ1) is 16.3. The molecule has 1 atom stereocenters. The molecule has 6 heteroatoms. The molecule has 1 aromatic heterocycles. The topological polar surface area (TPSA) is 56.3 Å². The van der Waals surface area contributed by atoms with Crippen molar-refractivity contribution in [3.63, 3.8) is 0 Å². The summed E-state index contributed by atoms with van der Waals surface area (Å²) in [7, 11) is 3.48. The number of halogens is 1. The Balaban J connectivity index is 3.30. The molecule has 5 nitrogen and oxygen atoms in total. The summed E-state index contributed by atoms with van der Waals surface area (Å²) in [5.74, 6) is 1.42. The predicted molar refractivity (Wildman–Crippen MR) is 79.3 cm³/mol. The SMILES string of the molecule is CCOC(C)(CC)c1nc(COC)c(Br)c(NC)n1. The van der Waals surface area contributed by atoms with Gasteiger partial charge in [-0.3, -0.25) is 0 Å². The van der Waals surface area contributed by atoms with E-state index in [4.69, 9.17) is 9.47 Å². The Morgan fingerprint density at radius 2 is 2.00 bits per heavy atom. The molecule has 0 aliphatic carbocycles. The zero-order valence-electron chi connectivity index (χ0n) is 12.2. The Bertz CT molecular complexity index is 429. The van der Waals surface area contributed by atoms with Crippen molar-refractivity contribution in [1.82, 2.24) is 9.97 Å². The van der Waals surface area contributed by atoms with Crippen LogP contribution in [-0.2, 0) is 21.7 Å². The molecule has 0 amide bonds. The molecular weight excluding hydrogens is 310 g/mol. The summed E-state index contributed by atoms with van der Waals surface area (Å²) < 4.78 is 11.8. The van der Waals surface area contributed by atoms with Crippen LogP contribution >= 0.6 is 15.9 Å². The zero-order valence-corrected chi connectivity index (χ0v) is 13.8. The van der Waals surface area contributed by atoms with Crippen LogP contribution in [0, 0.1) is 0 Å². The summed E-state index contributed by atoms with van der Waals surface area (Å²) in [5, 5.41) is 3.06. The van der Waals surface area contributed by atoms with Gasteiger partial charge in [0, 0.05) is 20.8 Å². The second-order valence-corrected chi connectivity index (χ2v) is 5.15. The third-order valence-electron chi connectivity index (χ3n) is 3.05. The fourth-order valence-electron chi connectivity index (χ4n) is 1.77. The van der Waals surface area contributed by atoms with E-state index in [1.807, 2.05) is 20.9 Å². The summed E-state index contributed by atoms with van der Waals surface area (Å²) in [6.07, 6.45) is 0.804. The molecule has 0 aliphatic rings. The van der Waals surface area contributed by atoms with Crippen molar-refractivity contribution in [2.45, 2.75) is 39.4 Å². The van der Waals surface area contributed by atoms with Crippen molar-refractivity contribution in [3.05, 3.63) is 16.0 Å². The van der Waals surface area contributed by atoms with Crippen LogP contribution in [-0.4, -0.2) is 30.7 Å². The lowest BCUT2D eigenvalue weighted by atomic mass is 10.0. The second kappa shape index (κ2) is 7.17. The van der Waals surface area contributed by atoms with Gasteiger partial charge in [-0.05, 0) is 36.2 Å². The molecule has 0 fully saturated rings. The Kier molecular flexibility index (Phi) is 6.16. The highest BCUT2D eigenvalue weighted by molar-refractivity contribution is 9.10. The Morgan fingerprint density at radius 1 is 1.32 bits per heavy atom. The molecule has 0 spiro atoms. The summed E-state index contributed by atoms with van der Waals surface area (Å²) >= 11 is 3.50. The molecule has 0 saturated carbocycles. The first-order valence-electron chi connectivity index (χ1n) is 6.39. The van der Waals surface area contributed by atoms with E-state index >= 15 is 0 Å². The van der Waals surface area contributed by atoms with Gasteiger partial charge >= 0.3 is 0 Å². The fourth-order valence-corrected chi connectivity index (χ4v) is 2.26. The molecular formula is C13H22BrN3O2. The van der Waals surface area contributed by atoms with Gasteiger partial charge in [-0.1, -0.05) is 6.92 Å². The lowest BCUT2D eigenvalue weighted by Gasteiger charge is -2.27. The zero-order chi connectivity index (χ0) is 14.5. The van der Waals surface area contributed by atoms with E-state index in [1.54, 1.807) is 7.11 Å². The summed E-state index contributed by atoms with van der Waals surface area (Å²) in [6, 6.07) is 0. The first-order valence-corrected chi connectivity index (χ1v) is 7.19. The van der Waals surface area contributed by atoms with E-state index in [-0.39, 0.29) is 0 Å². The number of nitrogens with zero attached hydrogens (tertiary/aromatic N) is 2. The molecule has 0 aliphatic heterocycles. The van der Waals surface area contributed by atoms with Gasteiger partial charge < -0.3 is 14.8 Å². The third-order valence-corrected chi connectivity index (χ3v) is 3.88. The molecule has 108 valence electrons. The predicted octanol–water partition coefficient (Wildman–Crippen LogP) is 3.09. The van der Waals surface area contributed by atoms with E-state index < -0.39 is 5.60 Å². The van der Waals surface area contributed by atoms with Gasteiger partial charge in [0.1, 0.15) is 11.4 Å². The highest BCUT2D eigenvalue weighted by Crippen LogP contribution is 2.31.